The Morgan fingerprint density at radius 1 is 0.933 bits per heavy atom. The third kappa shape index (κ3) is 4.14. The molecule has 4 aromatic rings. The number of pyridine rings is 3. The number of rotatable bonds is 5. The van der Waals surface area contributed by atoms with E-state index in [1.54, 1.807) is 24.5 Å². The van der Waals surface area contributed by atoms with Crippen molar-refractivity contribution in [3.05, 3.63) is 83.5 Å². The number of nitrogens with zero attached hydrogens (tertiary/aromatic N) is 4. The van der Waals surface area contributed by atoms with Crippen LogP contribution < -0.4 is 0 Å². The van der Waals surface area contributed by atoms with Gasteiger partial charge in [0.05, 0.1) is 22.8 Å². The minimum absolute atomic E-state index is 0.304. The highest BCUT2D eigenvalue weighted by atomic mass is 32.1. The molecular weight excluding hydrogens is 396 g/mol. The van der Waals surface area contributed by atoms with Crippen LogP contribution in [0.2, 0.25) is 0 Å². The fourth-order valence-electron chi connectivity index (χ4n) is 2.83. The summed E-state index contributed by atoms with van der Waals surface area (Å²) in [5.74, 6) is -1.24. The maximum absolute atomic E-state index is 11.1. The number of hydrogen-bond acceptors (Lipinski definition) is 6. The van der Waals surface area contributed by atoms with Crippen LogP contribution >= 0.6 is 11.3 Å². The van der Waals surface area contributed by atoms with Crippen molar-refractivity contribution in [3.8, 4) is 39.3 Å². The van der Waals surface area contributed by atoms with Gasteiger partial charge in [0.15, 0.2) is 0 Å². The molecule has 0 spiro atoms. The molecule has 0 atom stereocenters. The molecule has 0 amide bonds. The summed E-state index contributed by atoms with van der Waals surface area (Å²) >= 11 is 1.40. The van der Waals surface area contributed by atoms with Gasteiger partial charge in [0, 0.05) is 22.1 Å². The number of carbonyl (C=O) groups is 1. The second kappa shape index (κ2) is 8.47. The van der Waals surface area contributed by atoms with E-state index in [0.717, 1.165) is 21.8 Å². The quantitative estimate of drug-likeness (QED) is 0.370. The molecule has 0 aliphatic carbocycles. The molecule has 4 heterocycles. The van der Waals surface area contributed by atoms with Crippen LogP contribution in [0.1, 0.15) is 4.88 Å². The maximum Gasteiger partial charge on any atom is 0.346 e. The average molecular weight is 410 g/mol. The number of aromatic nitrogens is 3. The van der Waals surface area contributed by atoms with Gasteiger partial charge in [0.2, 0.25) is 0 Å². The Hall–Kier alpha value is -4.15. The molecule has 4 rings (SSSR count). The summed E-state index contributed by atoms with van der Waals surface area (Å²) in [7, 11) is 0. The van der Waals surface area contributed by atoms with E-state index in [0.29, 0.717) is 16.3 Å². The van der Waals surface area contributed by atoms with Gasteiger partial charge in [-0.3, -0.25) is 9.97 Å². The molecule has 0 aliphatic rings. The normalized spacial score (nSPS) is 11.1. The molecule has 0 aromatic carbocycles. The van der Waals surface area contributed by atoms with Gasteiger partial charge in [-0.25, -0.2) is 9.78 Å². The third-order valence-electron chi connectivity index (χ3n) is 4.23. The van der Waals surface area contributed by atoms with E-state index >= 15 is 0 Å². The lowest BCUT2D eigenvalue weighted by Gasteiger charge is -2.08. The van der Waals surface area contributed by atoms with Crippen molar-refractivity contribution in [1.82, 2.24) is 15.0 Å². The van der Waals surface area contributed by atoms with Gasteiger partial charge in [-0.2, -0.15) is 5.26 Å². The first-order valence-corrected chi connectivity index (χ1v) is 9.76. The molecule has 0 saturated carbocycles. The number of hydrogen-bond donors (Lipinski definition) is 1. The van der Waals surface area contributed by atoms with Gasteiger partial charge in [0.1, 0.15) is 11.6 Å². The van der Waals surface area contributed by atoms with Crippen molar-refractivity contribution >= 4 is 23.4 Å². The zero-order valence-electron chi connectivity index (χ0n) is 15.6. The van der Waals surface area contributed by atoms with Crippen LogP contribution in [0.4, 0.5) is 0 Å². The Morgan fingerprint density at radius 2 is 1.57 bits per heavy atom. The van der Waals surface area contributed by atoms with E-state index in [1.807, 2.05) is 54.6 Å². The predicted octanol–water partition coefficient (Wildman–Crippen LogP) is 4.93. The van der Waals surface area contributed by atoms with E-state index in [4.69, 9.17) is 15.4 Å². The summed E-state index contributed by atoms with van der Waals surface area (Å²) in [6.07, 6.45) is 4.80. The lowest BCUT2D eigenvalue weighted by molar-refractivity contribution is -0.132. The van der Waals surface area contributed by atoms with Crippen molar-refractivity contribution in [2.45, 2.75) is 0 Å². The molecule has 1 N–H and O–H groups in total. The minimum atomic E-state index is -1.24. The zero-order valence-corrected chi connectivity index (χ0v) is 16.4. The largest absolute Gasteiger partial charge is 0.477 e. The van der Waals surface area contributed by atoms with Gasteiger partial charge < -0.3 is 5.11 Å². The number of carboxylic acids is 1. The van der Waals surface area contributed by atoms with Crippen LogP contribution in [0.25, 0.3) is 39.3 Å². The number of carboxylic acid groups (broad SMARTS) is 1. The Bertz CT molecular complexity index is 1220. The molecule has 7 heteroatoms. The highest BCUT2D eigenvalue weighted by Crippen LogP contribution is 2.33. The fourth-order valence-corrected chi connectivity index (χ4v) is 3.77. The van der Waals surface area contributed by atoms with Crippen LogP contribution in [0.15, 0.2) is 78.6 Å². The topological polar surface area (TPSA) is 99.8 Å². The number of thiophene rings is 1. The lowest BCUT2D eigenvalue weighted by Crippen LogP contribution is -1.96. The Kier molecular flexibility index (Phi) is 5.42. The van der Waals surface area contributed by atoms with Crippen LogP contribution in [0.5, 0.6) is 0 Å². The first-order valence-electron chi connectivity index (χ1n) is 8.94. The Balaban J connectivity index is 1.82. The lowest BCUT2D eigenvalue weighted by atomic mass is 10.1. The highest BCUT2D eigenvalue weighted by Gasteiger charge is 2.12. The second-order valence-corrected chi connectivity index (χ2v) is 7.35. The van der Waals surface area contributed by atoms with Crippen molar-refractivity contribution in [1.29, 1.82) is 5.26 Å². The fraction of sp³-hybridized carbons (Fsp3) is 0. The molecule has 30 heavy (non-hydrogen) atoms. The van der Waals surface area contributed by atoms with Crippen molar-refractivity contribution < 1.29 is 9.90 Å². The molecule has 0 radical (unpaired) electrons. The Morgan fingerprint density at radius 3 is 2.07 bits per heavy atom. The van der Waals surface area contributed by atoms with E-state index in [1.165, 1.54) is 17.4 Å². The van der Waals surface area contributed by atoms with Crippen LogP contribution in [-0.4, -0.2) is 26.0 Å². The third-order valence-corrected chi connectivity index (χ3v) is 5.31. The van der Waals surface area contributed by atoms with E-state index < -0.39 is 5.97 Å². The number of aliphatic carboxylic acids is 1. The van der Waals surface area contributed by atoms with Gasteiger partial charge in [-0.1, -0.05) is 12.1 Å². The molecule has 144 valence electrons. The average Bonchev–Trinajstić information content (AvgIpc) is 3.27. The summed E-state index contributed by atoms with van der Waals surface area (Å²) in [5.41, 5.74) is 3.51. The Labute approximate surface area is 176 Å². The van der Waals surface area contributed by atoms with Crippen molar-refractivity contribution in [3.63, 3.8) is 0 Å². The van der Waals surface area contributed by atoms with Gasteiger partial charge in [-0.05, 0) is 60.2 Å². The number of nitriles is 1. The summed E-state index contributed by atoms with van der Waals surface area (Å²) in [4.78, 5) is 26.2. The standard InChI is InChI=1S/C23H14N4O2S/c24-14-16(23(28)29)11-17-7-8-22(30-17)15-12-20(18-5-1-3-9-25-18)27-21(13-15)19-6-2-4-10-26-19/h1-13H,(H,28,29)/b16-11+. The summed E-state index contributed by atoms with van der Waals surface area (Å²) in [6, 6.07) is 20.6. The van der Waals surface area contributed by atoms with E-state index in [-0.39, 0.29) is 5.57 Å². The molecule has 0 saturated heterocycles. The van der Waals surface area contributed by atoms with Gasteiger partial charge >= 0.3 is 5.97 Å². The molecule has 6 nitrogen and oxygen atoms in total. The van der Waals surface area contributed by atoms with Gasteiger partial charge in [-0.15, -0.1) is 11.3 Å². The molecule has 0 aliphatic heterocycles. The summed E-state index contributed by atoms with van der Waals surface area (Å²) < 4.78 is 0. The highest BCUT2D eigenvalue weighted by molar-refractivity contribution is 7.16. The molecule has 0 unspecified atom stereocenters. The SMILES string of the molecule is N#C/C(=C\c1ccc(-c2cc(-c3ccccn3)nc(-c3ccccn3)c2)s1)C(=O)O. The van der Waals surface area contributed by atoms with Gasteiger partial charge in [0.25, 0.3) is 0 Å². The first kappa shape index (κ1) is 19.2. The van der Waals surface area contributed by atoms with Crippen LogP contribution in [0, 0.1) is 11.3 Å². The summed E-state index contributed by atoms with van der Waals surface area (Å²) in [5, 5.41) is 18.1. The smallest absolute Gasteiger partial charge is 0.346 e. The van der Waals surface area contributed by atoms with E-state index in [2.05, 4.69) is 9.97 Å². The molecule has 4 aromatic heterocycles. The molecular formula is C23H14N4O2S. The monoisotopic (exact) mass is 410 g/mol. The molecule has 0 fully saturated rings. The molecule has 0 bridgehead atoms. The maximum atomic E-state index is 11.1. The minimum Gasteiger partial charge on any atom is -0.477 e. The second-order valence-electron chi connectivity index (χ2n) is 6.23. The summed E-state index contributed by atoms with van der Waals surface area (Å²) in [6.45, 7) is 0. The van der Waals surface area contributed by atoms with E-state index in [9.17, 15) is 4.79 Å². The van der Waals surface area contributed by atoms with Crippen LogP contribution in [0.3, 0.4) is 0 Å². The first-order chi connectivity index (χ1) is 14.6. The van der Waals surface area contributed by atoms with Crippen molar-refractivity contribution in [2.24, 2.45) is 0 Å². The zero-order chi connectivity index (χ0) is 20.9. The predicted molar refractivity (Wildman–Crippen MR) is 115 cm³/mol. The van der Waals surface area contributed by atoms with Crippen LogP contribution in [-0.2, 0) is 4.79 Å². The van der Waals surface area contributed by atoms with Crippen molar-refractivity contribution in [2.75, 3.05) is 0 Å².